The van der Waals surface area contributed by atoms with Crippen LogP contribution in [0.5, 0.6) is 0 Å². The quantitative estimate of drug-likeness (QED) is 0.933. The summed E-state index contributed by atoms with van der Waals surface area (Å²) < 4.78 is 0. The Morgan fingerprint density at radius 3 is 2.52 bits per heavy atom. The summed E-state index contributed by atoms with van der Waals surface area (Å²) in [6, 6.07) is 17.3. The fourth-order valence-electron chi connectivity index (χ4n) is 2.74. The molecule has 1 unspecified atom stereocenters. The summed E-state index contributed by atoms with van der Waals surface area (Å²) >= 11 is 0. The molecule has 1 atom stereocenters. The zero-order valence-electron chi connectivity index (χ0n) is 12.6. The second-order valence-electron chi connectivity index (χ2n) is 5.61. The van der Waals surface area contributed by atoms with Gasteiger partial charge in [0.05, 0.1) is 17.4 Å². The SMILES string of the molecule is Cc1ccc(N2N=C(CN)CC2c2ccccc2)cc1C. The van der Waals surface area contributed by atoms with Crippen LogP contribution in [0.25, 0.3) is 0 Å². The minimum Gasteiger partial charge on any atom is -0.325 e. The van der Waals surface area contributed by atoms with Gasteiger partial charge in [-0.3, -0.25) is 5.01 Å². The molecule has 3 rings (SSSR count). The van der Waals surface area contributed by atoms with Crippen LogP contribution in [0.1, 0.15) is 29.2 Å². The summed E-state index contributed by atoms with van der Waals surface area (Å²) in [5.74, 6) is 0. The third-order valence-corrected chi connectivity index (χ3v) is 4.15. The van der Waals surface area contributed by atoms with Gasteiger partial charge in [-0.25, -0.2) is 0 Å². The fraction of sp³-hybridized carbons (Fsp3) is 0.278. The van der Waals surface area contributed by atoms with E-state index >= 15 is 0 Å². The maximum atomic E-state index is 5.81. The highest BCUT2D eigenvalue weighted by Crippen LogP contribution is 2.35. The molecule has 0 amide bonds. The van der Waals surface area contributed by atoms with Crippen molar-refractivity contribution in [2.45, 2.75) is 26.3 Å². The zero-order chi connectivity index (χ0) is 14.8. The molecule has 2 aromatic rings. The van der Waals surface area contributed by atoms with Crippen LogP contribution in [-0.4, -0.2) is 12.3 Å². The third kappa shape index (κ3) is 2.69. The van der Waals surface area contributed by atoms with Crippen molar-refractivity contribution in [2.24, 2.45) is 10.8 Å². The van der Waals surface area contributed by atoms with Crippen LogP contribution in [-0.2, 0) is 0 Å². The Bertz CT molecular complexity index is 661. The van der Waals surface area contributed by atoms with Crippen molar-refractivity contribution in [1.82, 2.24) is 0 Å². The number of anilines is 1. The second-order valence-corrected chi connectivity index (χ2v) is 5.61. The van der Waals surface area contributed by atoms with Crippen molar-refractivity contribution < 1.29 is 0 Å². The summed E-state index contributed by atoms with van der Waals surface area (Å²) in [6.45, 7) is 4.79. The van der Waals surface area contributed by atoms with Crippen LogP contribution >= 0.6 is 0 Å². The largest absolute Gasteiger partial charge is 0.325 e. The molecule has 3 heteroatoms. The molecule has 1 aliphatic rings. The molecule has 1 heterocycles. The molecule has 0 saturated carbocycles. The molecule has 1 aliphatic heterocycles. The van der Waals surface area contributed by atoms with Crippen LogP contribution in [0.3, 0.4) is 0 Å². The highest BCUT2D eigenvalue weighted by atomic mass is 15.5. The van der Waals surface area contributed by atoms with Crippen molar-refractivity contribution >= 4 is 11.4 Å². The molecule has 0 bridgehead atoms. The Balaban J connectivity index is 1.99. The van der Waals surface area contributed by atoms with Gasteiger partial charge in [-0.05, 0) is 42.7 Å². The highest BCUT2D eigenvalue weighted by Gasteiger charge is 2.28. The first-order valence-corrected chi connectivity index (χ1v) is 7.37. The van der Waals surface area contributed by atoms with Gasteiger partial charge >= 0.3 is 0 Å². The number of rotatable bonds is 3. The number of aryl methyl sites for hydroxylation is 2. The van der Waals surface area contributed by atoms with Crippen LogP contribution in [0, 0.1) is 13.8 Å². The van der Waals surface area contributed by atoms with E-state index in [4.69, 9.17) is 10.8 Å². The average molecular weight is 279 g/mol. The lowest BCUT2D eigenvalue weighted by Crippen LogP contribution is -2.18. The Kier molecular flexibility index (Phi) is 3.76. The predicted molar refractivity (Wildman–Crippen MR) is 88.7 cm³/mol. The lowest BCUT2D eigenvalue weighted by molar-refractivity contribution is 0.708. The van der Waals surface area contributed by atoms with Gasteiger partial charge in [-0.1, -0.05) is 36.4 Å². The minimum atomic E-state index is 0.242. The van der Waals surface area contributed by atoms with E-state index in [0.29, 0.717) is 6.54 Å². The molecule has 2 N–H and O–H groups in total. The van der Waals surface area contributed by atoms with Gasteiger partial charge in [-0.15, -0.1) is 0 Å². The molecule has 2 aromatic carbocycles. The first kappa shape index (κ1) is 13.8. The minimum absolute atomic E-state index is 0.242. The summed E-state index contributed by atoms with van der Waals surface area (Å²) in [4.78, 5) is 0. The van der Waals surface area contributed by atoms with Crippen LogP contribution in [0.15, 0.2) is 53.6 Å². The van der Waals surface area contributed by atoms with E-state index in [9.17, 15) is 0 Å². The van der Waals surface area contributed by atoms with E-state index in [-0.39, 0.29) is 6.04 Å². The summed E-state index contributed by atoms with van der Waals surface area (Å²) in [5.41, 5.74) is 11.9. The van der Waals surface area contributed by atoms with E-state index < -0.39 is 0 Å². The van der Waals surface area contributed by atoms with Crippen molar-refractivity contribution in [1.29, 1.82) is 0 Å². The van der Waals surface area contributed by atoms with Crippen molar-refractivity contribution in [3.05, 3.63) is 65.2 Å². The number of hydrogen-bond acceptors (Lipinski definition) is 3. The van der Waals surface area contributed by atoms with Crippen LogP contribution in [0.4, 0.5) is 5.69 Å². The lowest BCUT2D eigenvalue weighted by Gasteiger charge is -2.24. The Morgan fingerprint density at radius 1 is 1.10 bits per heavy atom. The molecule has 0 aliphatic carbocycles. The Hall–Kier alpha value is -2.13. The van der Waals surface area contributed by atoms with Crippen molar-refractivity contribution in [3.63, 3.8) is 0 Å². The van der Waals surface area contributed by atoms with E-state index in [2.05, 4.69) is 61.3 Å². The number of hydrogen-bond donors (Lipinski definition) is 1. The zero-order valence-corrected chi connectivity index (χ0v) is 12.6. The molecule has 0 radical (unpaired) electrons. The number of nitrogens with zero attached hydrogens (tertiary/aromatic N) is 2. The lowest BCUT2D eigenvalue weighted by atomic mass is 10.0. The van der Waals surface area contributed by atoms with Crippen LogP contribution in [0.2, 0.25) is 0 Å². The van der Waals surface area contributed by atoms with Gasteiger partial charge in [0.1, 0.15) is 0 Å². The van der Waals surface area contributed by atoms with Gasteiger partial charge in [0.25, 0.3) is 0 Å². The first-order chi connectivity index (χ1) is 10.2. The summed E-state index contributed by atoms with van der Waals surface area (Å²) in [5, 5.41) is 6.85. The van der Waals surface area contributed by atoms with E-state index in [1.807, 2.05) is 6.07 Å². The third-order valence-electron chi connectivity index (χ3n) is 4.15. The summed E-state index contributed by atoms with van der Waals surface area (Å²) in [7, 11) is 0. The van der Waals surface area contributed by atoms with E-state index in [0.717, 1.165) is 17.8 Å². The monoisotopic (exact) mass is 279 g/mol. The number of nitrogens with two attached hydrogens (primary N) is 1. The van der Waals surface area contributed by atoms with Gasteiger partial charge in [0.15, 0.2) is 0 Å². The Labute approximate surface area is 126 Å². The highest BCUT2D eigenvalue weighted by molar-refractivity contribution is 5.90. The topological polar surface area (TPSA) is 41.6 Å². The smallest absolute Gasteiger partial charge is 0.0828 e. The standard InChI is InChI=1S/C18H21N3/c1-13-8-9-17(10-14(13)2)21-18(11-16(12-19)20-21)15-6-4-3-5-7-15/h3-10,18H,11-12,19H2,1-2H3. The number of hydrazone groups is 1. The number of benzene rings is 2. The van der Waals surface area contributed by atoms with Crippen molar-refractivity contribution in [3.8, 4) is 0 Å². The van der Waals surface area contributed by atoms with Gasteiger partial charge in [-0.2, -0.15) is 5.10 Å². The maximum Gasteiger partial charge on any atom is 0.0828 e. The average Bonchev–Trinajstić information content (AvgIpc) is 2.95. The molecular formula is C18H21N3. The molecule has 108 valence electrons. The predicted octanol–water partition coefficient (Wildman–Crippen LogP) is 3.57. The molecule has 0 saturated heterocycles. The fourth-order valence-corrected chi connectivity index (χ4v) is 2.74. The Morgan fingerprint density at radius 2 is 1.86 bits per heavy atom. The maximum absolute atomic E-state index is 5.81. The molecule has 0 fully saturated rings. The van der Waals surface area contributed by atoms with Crippen molar-refractivity contribution in [2.75, 3.05) is 11.6 Å². The first-order valence-electron chi connectivity index (χ1n) is 7.37. The van der Waals surface area contributed by atoms with Crippen LogP contribution < -0.4 is 10.7 Å². The van der Waals surface area contributed by atoms with Gasteiger partial charge < -0.3 is 5.73 Å². The molecule has 3 nitrogen and oxygen atoms in total. The molecule has 21 heavy (non-hydrogen) atoms. The second kappa shape index (κ2) is 5.70. The van der Waals surface area contributed by atoms with E-state index in [1.54, 1.807) is 0 Å². The molecular weight excluding hydrogens is 258 g/mol. The normalized spacial score (nSPS) is 18.0. The molecule has 0 aromatic heterocycles. The van der Waals surface area contributed by atoms with Gasteiger partial charge in [0, 0.05) is 13.0 Å². The van der Waals surface area contributed by atoms with E-state index in [1.165, 1.54) is 16.7 Å². The molecule has 0 spiro atoms. The van der Waals surface area contributed by atoms with Gasteiger partial charge in [0.2, 0.25) is 0 Å². The summed E-state index contributed by atoms with van der Waals surface area (Å²) in [6.07, 6.45) is 0.896.